The number of ether oxygens (including phenoxy) is 2. The lowest BCUT2D eigenvalue weighted by Gasteiger charge is -2.12. The van der Waals surface area contributed by atoms with Crippen molar-refractivity contribution in [2.75, 3.05) is 13.9 Å². The van der Waals surface area contributed by atoms with Gasteiger partial charge in [0.05, 0.1) is 17.4 Å². The SMILES string of the molecule is COCOc1c(-c2cnc3cc(Br)cc(F)c3n2)cc2cn(C)nc2c1F. The highest BCUT2D eigenvalue weighted by Crippen LogP contribution is 2.37. The Kier molecular flexibility index (Phi) is 4.48. The van der Waals surface area contributed by atoms with Crippen molar-refractivity contribution in [3.05, 3.63) is 46.7 Å². The summed E-state index contributed by atoms with van der Waals surface area (Å²) < 4.78 is 41.7. The summed E-state index contributed by atoms with van der Waals surface area (Å²) in [5.41, 5.74) is 1.24. The lowest BCUT2D eigenvalue weighted by molar-refractivity contribution is 0.0489. The lowest BCUT2D eigenvalue weighted by Crippen LogP contribution is -2.04. The van der Waals surface area contributed by atoms with Crippen LogP contribution in [-0.2, 0) is 11.8 Å². The highest BCUT2D eigenvalue weighted by Gasteiger charge is 2.20. The van der Waals surface area contributed by atoms with Gasteiger partial charge in [-0.2, -0.15) is 5.10 Å². The third-order valence-electron chi connectivity index (χ3n) is 3.97. The van der Waals surface area contributed by atoms with Gasteiger partial charge in [0.15, 0.2) is 24.2 Å². The molecule has 2 heterocycles. The molecule has 0 unspecified atom stereocenters. The molecule has 0 aliphatic carbocycles. The Bertz CT molecular complexity index is 1180. The van der Waals surface area contributed by atoms with Crippen LogP contribution in [0.1, 0.15) is 0 Å². The lowest BCUT2D eigenvalue weighted by atomic mass is 10.1. The van der Waals surface area contributed by atoms with Crippen molar-refractivity contribution in [1.29, 1.82) is 0 Å². The van der Waals surface area contributed by atoms with Crippen LogP contribution in [0.5, 0.6) is 5.75 Å². The van der Waals surface area contributed by atoms with Crippen LogP contribution in [0, 0.1) is 11.6 Å². The third-order valence-corrected chi connectivity index (χ3v) is 4.43. The molecule has 0 radical (unpaired) electrons. The second-order valence-electron chi connectivity index (χ2n) is 5.87. The molecule has 0 N–H and O–H groups in total. The van der Waals surface area contributed by atoms with Crippen LogP contribution in [-0.4, -0.2) is 33.7 Å². The van der Waals surface area contributed by atoms with E-state index in [9.17, 15) is 4.39 Å². The molecule has 27 heavy (non-hydrogen) atoms. The van der Waals surface area contributed by atoms with Gasteiger partial charge in [0.25, 0.3) is 0 Å². The first-order chi connectivity index (χ1) is 13.0. The Morgan fingerprint density at radius 2 is 2.00 bits per heavy atom. The monoisotopic (exact) mass is 434 g/mol. The van der Waals surface area contributed by atoms with Gasteiger partial charge >= 0.3 is 0 Å². The number of nitrogens with zero attached hydrogens (tertiary/aromatic N) is 4. The van der Waals surface area contributed by atoms with Crippen LogP contribution in [0.3, 0.4) is 0 Å². The molecule has 4 aromatic rings. The number of benzene rings is 2. The number of fused-ring (bicyclic) bond motifs is 2. The molecule has 0 spiro atoms. The number of hydrogen-bond acceptors (Lipinski definition) is 5. The first-order valence-electron chi connectivity index (χ1n) is 7.87. The van der Waals surface area contributed by atoms with E-state index in [2.05, 4.69) is 31.0 Å². The number of aromatic nitrogens is 4. The number of aryl methyl sites for hydroxylation is 1. The fourth-order valence-electron chi connectivity index (χ4n) is 2.85. The number of hydrogen-bond donors (Lipinski definition) is 0. The summed E-state index contributed by atoms with van der Waals surface area (Å²) in [5.74, 6) is -1.25. The Balaban J connectivity index is 1.97. The maximum Gasteiger partial charge on any atom is 0.193 e. The summed E-state index contributed by atoms with van der Waals surface area (Å²) in [7, 11) is 3.12. The summed E-state index contributed by atoms with van der Waals surface area (Å²) >= 11 is 3.23. The number of halogens is 3. The predicted molar refractivity (Wildman–Crippen MR) is 99.4 cm³/mol. The number of methoxy groups -OCH3 is 1. The summed E-state index contributed by atoms with van der Waals surface area (Å²) in [6.45, 7) is -0.162. The minimum absolute atomic E-state index is 0.0748. The molecule has 2 aromatic heterocycles. The second-order valence-corrected chi connectivity index (χ2v) is 6.78. The van der Waals surface area contributed by atoms with E-state index in [0.717, 1.165) is 0 Å². The zero-order valence-electron chi connectivity index (χ0n) is 14.3. The Morgan fingerprint density at radius 3 is 2.78 bits per heavy atom. The maximum absolute atomic E-state index is 15.0. The predicted octanol–water partition coefficient (Wildman–Crippen LogP) is 4.21. The molecule has 4 rings (SSSR count). The average molecular weight is 435 g/mol. The molecule has 2 aromatic carbocycles. The number of rotatable bonds is 4. The van der Waals surface area contributed by atoms with E-state index in [0.29, 0.717) is 20.9 Å². The van der Waals surface area contributed by atoms with Gasteiger partial charge in [-0.05, 0) is 18.2 Å². The minimum atomic E-state index is -0.640. The van der Waals surface area contributed by atoms with Gasteiger partial charge in [0, 0.05) is 35.8 Å². The molecule has 0 fully saturated rings. The quantitative estimate of drug-likeness (QED) is 0.450. The molecule has 0 bridgehead atoms. The Hall–Kier alpha value is -2.65. The van der Waals surface area contributed by atoms with Crippen LogP contribution in [0.4, 0.5) is 8.78 Å². The van der Waals surface area contributed by atoms with Gasteiger partial charge in [-0.3, -0.25) is 9.67 Å². The summed E-state index contributed by atoms with van der Waals surface area (Å²) in [6.07, 6.45) is 3.12. The summed E-state index contributed by atoms with van der Waals surface area (Å²) in [5, 5.41) is 4.67. The molecule has 0 aliphatic heterocycles. The largest absolute Gasteiger partial charge is 0.464 e. The van der Waals surface area contributed by atoms with Crippen molar-refractivity contribution < 1.29 is 18.3 Å². The molecule has 0 saturated heterocycles. The molecule has 138 valence electrons. The topological polar surface area (TPSA) is 62.1 Å². The van der Waals surface area contributed by atoms with Gasteiger partial charge in [-0.15, -0.1) is 0 Å². The molecular formula is C18H13BrF2N4O2. The molecule has 6 nitrogen and oxygen atoms in total. The fourth-order valence-corrected chi connectivity index (χ4v) is 3.27. The molecule has 0 saturated carbocycles. The summed E-state index contributed by atoms with van der Waals surface area (Å²) in [6, 6.07) is 4.64. The smallest absolute Gasteiger partial charge is 0.193 e. The van der Waals surface area contributed by atoms with Crippen LogP contribution in [0.25, 0.3) is 33.2 Å². The van der Waals surface area contributed by atoms with E-state index in [1.54, 1.807) is 25.4 Å². The van der Waals surface area contributed by atoms with E-state index in [-0.39, 0.29) is 29.3 Å². The van der Waals surface area contributed by atoms with Gasteiger partial charge < -0.3 is 9.47 Å². The first-order valence-corrected chi connectivity index (χ1v) is 8.67. The van der Waals surface area contributed by atoms with Gasteiger partial charge in [0.1, 0.15) is 11.0 Å². The zero-order chi connectivity index (χ0) is 19.1. The van der Waals surface area contributed by atoms with E-state index < -0.39 is 11.6 Å². The van der Waals surface area contributed by atoms with Crippen LogP contribution < -0.4 is 4.74 Å². The second kappa shape index (κ2) is 6.82. The van der Waals surface area contributed by atoms with Crippen molar-refractivity contribution in [2.24, 2.45) is 7.05 Å². The Labute approximate surface area is 160 Å². The fraction of sp³-hybridized carbons (Fsp3) is 0.167. The van der Waals surface area contributed by atoms with Crippen molar-refractivity contribution >= 4 is 37.9 Å². The van der Waals surface area contributed by atoms with Crippen molar-refractivity contribution in [1.82, 2.24) is 19.7 Å². The minimum Gasteiger partial charge on any atom is -0.464 e. The highest BCUT2D eigenvalue weighted by atomic mass is 79.9. The average Bonchev–Trinajstić information content (AvgIpc) is 3.01. The zero-order valence-corrected chi connectivity index (χ0v) is 15.9. The molecule has 0 aliphatic rings. The molecule has 0 amide bonds. The first kappa shape index (κ1) is 17.7. The van der Waals surface area contributed by atoms with E-state index in [4.69, 9.17) is 9.47 Å². The van der Waals surface area contributed by atoms with Gasteiger partial charge in [-0.25, -0.2) is 13.8 Å². The van der Waals surface area contributed by atoms with Crippen LogP contribution in [0.15, 0.2) is 35.1 Å². The third kappa shape index (κ3) is 3.13. The summed E-state index contributed by atoms with van der Waals surface area (Å²) in [4.78, 5) is 8.59. The van der Waals surface area contributed by atoms with Gasteiger partial charge in [-0.1, -0.05) is 15.9 Å². The molecule has 0 atom stereocenters. The van der Waals surface area contributed by atoms with Crippen molar-refractivity contribution in [3.63, 3.8) is 0 Å². The standard InChI is InChI=1S/C18H13BrF2N4O2/c1-25-7-9-3-11(18(27-8-26-2)15(21)16(9)24-25)14-6-22-13-5-10(19)4-12(20)17(13)23-14/h3-7H,8H2,1-2H3. The molecule has 9 heteroatoms. The van der Waals surface area contributed by atoms with Crippen LogP contribution >= 0.6 is 15.9 Å². The maximum atomic E-state index is 15.0. The highest BCUT2D eigenvalue weighted by molar-refractivity contribution is 9.10. The van der Waals surface area contributed by atoms with Crippen molar-refractivity contribution in [2.45, 2.75) is 0 Å². The normalized spacial score (nSPS) is 11.4. The van der Waals surface area contributed by atoms with Crippen molar-refractivity contribution in [3.8, 4) is 17.0 Å². The Morgan fingerprint density at radius 1 is 1.19 bits per heavy atom. The van der Waals surface area contributed by atoms with Gasteiger partial charge in [0.2, 0.25) is 0 Å². The van der Waals surface area contributed by atoms with E-state index >= 15 is 4.39 Å². The molecular weight excluding hydrogens is 422 g/mol. The van der Waals surface area contributed by atoms with Crippen LogP contribution in [0.2, 0.25) is 0 Å². The van der Waals surface area contributed by atoms with E-state index in [1.165, 1.54) is 24.1 Å². The van der Waals surface area contributed by atoms with E-state index in [1.807, 2.05) is 0 Å².